The molecule has 4 rings (SSSR count). The van der Waals surface area contributed by atoms with Gasteiger partial charge in [-0.2, -0.15) is 0 Å². The molecule has 1 aliphatic carbocycles. The lowest BCUT2D eigenvalue weighted by atomic mass is 9.92. The Morgan fingerprint density at radius 2 is 1.69 bits per heavy atom. The third kappa shape index (κ3) is 5.98. The first-order valence-corrected chi connectivity index (χ1v) is 10.9. The quantitative estimate of drug-likeness (QED) is 0.384. The van der Waals surface area contributed by atoms with Gasteiger partial charge >= 0.3 is 0 Å². The summed E-state index contributed by atoms with van der Waals surface area (Å²) >= 11 is 0. The molecule has 6 N–H and O–H groups in total. The van der Waals surface area contributed by atoms with Gasteiger partial charge in [0.1, 0.15) is 35.5 Å². The lowest BCUT2D eigenvalue weighted by molar-refractivity contribution is 0.304. The van der Waals surface area contributed by atoms with Crippen LogP contribution in [0.2, 0.25) is 0 Å². The van der Waals surface area contributed by atoms with Gasteiger partial charge in [0.2, 0.25) is 0 Å². The number of amidine groups is 1. The molecule has 0 bridgehead atoms. The number of anilines is 1. The molecule has 0 radical (unpaired) electrons. The summed E-state index contributed by atoms with van der Waals surface area (Å²) in [5.74, 6) is 3.15. The van der Waals surface area contributed by atoms with E-state index in [1.165, 1.54) is 0 Å². The van der Waals surface area contributed by atoms with Gasteiger partial charge in [-0.25, -0.2) is 4.98 Å². The molecule has 1 saturated carbocycles. The maximum atomic E-state index is 6.22. The molecule has 0 saturated heterocycles. The number of aliphatic imine (C=N–C) groups is 1. The Morgan fingerprint density at radius 3 is 2.41 bits per heavy atom. The second kappa shape index (κ2) is 10.2. The number of aromatic nitrogens is 1. The monoisotopic (exact) mass is 431 g/mol. The van der Waals surface area contributed by atoms with Gasteiger partial charge in [0, 0.05) is 29.4 Å². The van der Waals surface area contributed by atoms with Crippen LogP contribution in [0, 0.1) is 0 Å². The zero-order chi connectivity index (χ0) is 22.3. The molecule has 1 aromatic heterocycles. The van der Waals surface area contributed by atoms with Crippen LogP contribution < -0.4 is 26.7 Å². The molecule has 32 heavy (non-hydrogen) atoms. The number of nitrogens with two attached hydrogens (primary N) is 3. The van der Waals surface area contributed by atoms with Gasteiger partial charge in [-0.15, -0.1) is 0 Å². The highest BCUT2D eigenvalue weighted by atomic mass is 16.5. The number of benzene rings is 2. The molecule has 1 heterocycles. The molecule has 0 unspecified atom stereocenters. The first kappa shape index (κ1) is 21.6. The summed E-state index contributed by atoms with van der Waals surface area (Å²) in [6.07, 6.45) is 5.71. The topological polar surface area (TPSA) is 122 Å². The van der Waals surface area contributed by atoms with Gasteiger partial charge in [-0.05, 0) is 68.1 Å². The van der Waals surface area contributed by atoms with Gasteiger partial charge in [0.05, 0.1) is 6.04 Å². The number of rotatable bonds is 7. The normalized spacial score (nSPS) is 18.8. The third-order valence-corrected chi connectivity index (χ3v) is 5.51. The second-order valence-electron chi connectivity index (χ2n) is 8.06. The van der Waals surface area contributed by atoms with E-state index in [-0.39, 0.29) is 6.04 Å². The highest BCUT2D eigenvalue weighted by Gasteiger charge is 2.18. The van der Waals surface area contributed by atoms with Crippen molar-refractivity contribution in [1.82, 2.24) is 4.98 Å². The highest BCUT2D eigenvalue weighted by Crippen LogP contribution is 2.26. The average Bonchev–Trinajstić information content (AvgIpc) is 2.81. The second-order valence-corrected chi connectivity index (χ2v) is 8.06. The van der Waals surface area contributed by atoms with Crippen LogP contribution in [-0.2, 0) is 6.61 Å². The Labute approximate surface area is 188 Å². The van der Waals surface area contributed by atoms with E-state index < -0.39 is 0 Å². The molecule has 1 fully saturated rings. The molecular formula is C25H29N5O2. The summed E-state index contributed by atoms with van der Waals surface area (Å²) < 4.78 is 11.8. The third-order valence-electron chi connectivity index (χ3n) is 5.51. The van der Waals surface area contributed by atoms with Crippen LogP contribution in [0.15, 0.2) is 71.9 Å². The summed E-state index contributed by atoms with van der Waals surface area (Å²) in [6.45, 7) is 0.400. The van der Waals surface area contributed by atoms with E-state index >= 15 is 0 Å². The van der Waals surface area contributed by atoms with Gasteiger partial charge in [-0.1, -0.05) is 12.1 Å². The van der Waals surface area contributed by atoms with Crippen molar-refractivity contribution in [3.63, 3.8) is 0 Å². The minimum Gasteiger partial charge on any atom is -0.489 e. The molecule has 2 aromatic carbocycles. The van der Waals surface area contributed by atoms with Crippen molar-refractivity contribution >= 4 is 11.7 Å². The summed E-state index contributed by atoms with van der Waals surface area (Å²) in [5, 5.41) is 0. The van der Waals surface area contributed by atoms with Gasteiger partial charge in [-0.3, -0.25) is 4.99 Å². The largest absolute Gasteiger partial charge is 0.489 e. The zero-order valence-electron chi connectivity index (χ0n) is 18.0. The molecule has 0 atom stereocenters. The highest BCUT2D eigenvalue weighted by molar-refractivity contribution is 5.97. The Kier molecular flexibility index (Phi) is 6.87. The minimum atomic E-state index is 0.262. The molecule has 0 spiro atoms. The van der Waals surface area contributed by atoms with Crippen molar-refractivity contribution in [2.24, 2.45) is 16.5 Å². The van der Waals surface area contributed by atoms with Gasteiger partial charge in [0.25, 0.3) is 0 Å². The van der Waals surface area contributed by atoms with Crippen molar-refractivity contribution in [2.45, 2.75) is 44.4 Å². The molecule has 3 aromatic rings. The standard InChI is InChI=1S/C25H29N5O2/c26-19-7-9-20(10-8-19)30-25(28)18-5-11-21(12-6-18)32-23-3-1-2-22(14-23)31-16-17-4-13-24(27)29-15-17/h1-6,11-15,19-20H,7-10,16,26H2,(H2,27,29)(H2,28,30). The minimum absolute atomic E-state index is 0.262. The zero-order valence-corrected chi connectivity index (χ0v) is 18.0. The molecule has 0 aliphatic heterocycles. The van der Waals surface area contributed by atoms with Crippen molar-refractivity contribution in [2.75, 3.05) is 5.73 Å². The van der Waals surface area contributed by atoms with E-state index in [1.54, 1.807) is 12.3 Å². The lowest BCUT2D eigenvalue weighted by Crippen LogP contribution is -2.29. The summed E-state index contributed by atoms with van der Waals surface area (Å²) in [5.41, 5.74) is 19.6. The van der Waals surface area contributed by atoms with Crippen molar-refractivity contribution in [3.05, 3.63) is 78.0 Å². The maximum Gasteiger partial charge on any atom is 0.131 e. The van der Waals surface area contributed by atoms with E-state index in [4.69, 9.17) is 26.7 Å². The van der Waals surface area contributed by atoms with Crippen LogP contribution in [0.4, 0.5) is 5.82 Å². The first-order chi connectivity index (χ1) is 15.5. The average molecular weight is 432 g/mol. The van der Waals surface area contributed by atoms with Crippen LogP contribution in [0.3, 0.4) is 0 Å². The Balaban J connectivity index is 1.35. The van der Waals surface area contributed by atoms with E-state index in [2.05, 4.69) is 9.98 Å². The van der Waals surface area contributed by atoms with E-state index in [0.717, 1.165) is 36.8 Å². The maximum absolute atomic E-state index is 6.22. The summed E-state index contributed by atoms with van der Waals surface area (Å²) in [6, 6.07) is 19.4. The van der Waals surface area contributed by atoms with Gasteiger partial charge in [0.15, 0.2) is 0 Å². The van der Waals surface area contributed by atoms with Crippen LogP contribution >= 0.6 is 0 Å². The molecule has 7 heteroatoms. The first-order valence-electron chi connectivity index (χ1n) is 10.9. The van der Waals surface area contributed by atoms with Crippen LogP contribution in [-0.4, -0.2) is 22.9 Å². The molecule has 166 valence electrons. The smallest absolute Gasteiger partial charge is 0.131 e. The fourth-order valence-electron chi connectivity index (χ4n) is 3.65. The van der Waals surface area contributed by atoms with Crippen LogP contribution in [0.25, 0.3) is 0 Å². The molecule has 7 nitrogen and oxygen atoms in total. The number of ether oxygens (including phenoxy) is 2. The molecule has 0 amide bonds. The Morgan fingerprint density at radius 1 is 0.938 bits per heavy atom. The van der Waals surface area contributed by atoms with E-state index in [0.29, 0.717) is 41.6 Å². The van der Waals surface area contributed by atoms with E-state index in [1.807, 2.05) is 54.6 Å². The van der Waals surface area contributed by atoms with Gasteiger partial charge < -0.3 is 26.7 Å². The molecule has 1 aliphatic rings. The van der Waals surface area contributed by atoms with Crippen LogP contribution in [0.1, 0.15) is 36.8 Å². The van der Waals surface area contributed by atoms with Crippen molar-refractivity contribution < 1.29 is 9.47 Å². The fraction of sp³-hybridized carbons (Fsp3) is 0.280. The van der Waals surface area contributed by atoms with Crippen molar-refractivity contribution in [3.8, 4) is 17.2 Å². The summed E-state index contributed by atoms with van der Waals surface area (Å²) in [4.78, 5) is 8.76. The van der Waals surface area contributed by atoms with Crippen LogP contribution in [0.5, 0.6) is 17.2 Å². The number of hydrogen-bond donors (Lipinski definition) is 3. The predicted octanol–water partition coefficient (Wildman–Crippen LogP) is 4.01. The Bertz CT molecular complexity index is 1040. The predicted molar refractivity (Wildman–Crippen MR) is 127 cm³/mol. The van der Waals surface area contributed by atoms with Crippen molar-refractivity contribution in [1.29, 1.82) is 0 Å². The Hall–Kier alpha value is -3.58. The van der Waals surface area contributed by atoms with E-state index in [9.17, 15) is 0 Å². The molecular weight excluding hydrogens is 402 g/mol. The number of nitrogens with zero attached hydrogens (tertiary/aromatic N) is 2. The lowest BCUT2D eigenvalue weighted by Gasteiger charge is -2.23. The number of pyridine rings is 1. The SMILES string of the molecule is NC(=NC1CCC(N)CC1)c1ccc(Oc2cccc(OCc3ccc(N)nc3)c2)cc1. The summed E-state index contributed by atoms with van der Waals surface area (Å²) in [7, 11) is 0. The number of nitrogen functional groups attached to an aromatic ring is 1. The fourth-order valence-corrected chi connectivity index (χ4v) is 3.65. The number of hydrogen-bond acceptors (Lipinski definition) is 6.